The molecular weight excluding hydrogens is 108 g/mol. The van der Waals surface area contributed by atoms with Crippen LogP contribution in [0.4, 0.5) is 0 Å². The molecule has 1 aromatic rings. The maximum atomic E-state index is 4.95. The molecule has 0 spiro atoms. The van der Waals surface area contributed by atoms with Crippen molar-refractivity contribution in [3.63, 3.8) is 0 Å². The molecule has 0 fully saturated rings. The van der Waals surface area contributed by atoms with E-state index in [1.807, 2.05) is 0 Å². The predicted octanol–water partition coefficient (Wildman–Crippen LogP) is -0.967. The van der Waals surface area contributed by atoms with Gasteiger partial charge in [0.15, 0.2) is 5.82 Å². The highest BCUT2D eigenvalue weighted by molar-refractivity contribution is 4.74. The van der Waals surface area contributed by atoms with Gasteiger partial charge in [0.1, 0.15) is 0 Å². The number of nitrogens with zero attached hydrogens (tertiary/aromatic N) is 2. The minimum atomic E-state index is 0.441. The molecule has 0 aliphatic carbocycles. The average molecular weight is 114 g/mol. The minimum Gasteiger partial charge on any atom is -0.343 e. The fourth-order valence-electron chi connectivity index (χ4n) is 0.362. The van der Waals surface area contributed by atoms with Crippen molar-refractivity contribution < 1.29 is 4.52 Å². The average Bonchev–Trinajstić information content (AvgIpc) is 2.19. The Morgan fingerprint density at radius 3 is 3.25 bits per heavy atom. The molecule has 0 aliphatic rings. The minimum absolute atomic E-state index is 0.441. The Hall–Kier alpha value is -0.940. The van der Waals surface area contributed by atoms with E-state index < -0.39 is 0 Å². The van der Waals surface area contributed by atoms with Crippen molar-refractivity contribution in [3.05, 3.63) is 12.2 Å². The molecule has 0 amide bonds. The van der Waals surface area contributed by atoms with Crippen LogP contribution in [0.1, 0.15) is 5.82 Å². The van der Waals surface area contributed by atoms with Crippen LogP contribution in [0.5, 0.6) is 0 Å². The second-order valence-electron chi connectivity index (χ2n) is 1.23. The molecule has 44 valence electrons. The zero-order chi connectivity index (χ0) is 5.82. The van der Waals surface area contributed by atoms with Crippen molar-refractivity contribution in [1.82, 2.24) is 15.6 Å². The molecule has 5 nitrogen and oxygen atoms in total. The first-order valence-electron chi connectivity index (χ1n) is 2.12. The van der Waals surface area contributed by atoms with Gasteiger partial charge in [0.2, 0.25) is 6.39 Å². The summed E-state index contributed by atoms with van der Waals surface area (Å²) in [5, 5.41) is 3.48. The van der Waals surface area contributed by atoms with E-state index in [0.717, 1.165) is 0 Å². The fourth-order valence-corrected chi connectivity index (χ4v) is 0.362. The second kappa shape index (κ2) is 2.39. The smallest absolute Gasteiger partial charge is 0.213 e. The summed E-state index contributed by atoms with van der Waals surface area (Å²) in [6.07, 6.45) is 1.26. The highest BCUT2D eigenvalue weighted by atomic mass is 16.5. The van der Waals surface area contributed by atoms with Crippen LogP contribution in [0.3, 0.4) is 0 Å². The van der Waals surface area contributed by atoms with Gasteiger partial charge in [-0.15, -0.1) is 0 Å². The molecule has 3 N–H and O–H groups in total. The zero-order valence-corrected chi connectivity index (χ0v) is 4.16. The first kappa shape index (κ1) is 5.20. The van der Waals surface area contributed by atoms with Crippen LogP contribution in [0.2, 0.25) is 0 Å². The number of hydrogen-bond acceptors (Lipinski definition) is 5. The quantitative estimate of drug-likeness (QED) is 0.382. The number of nitrogens with two attached hydrogens (primary N) is 1. The summed E-state index contributed by atoms with van der Waals surface area (Å²) in [5.41, 5.74) is 2.39. The van der Waals surface area contributed by atoms with Gasteiger partial charge in [0.25, 0.3) is 0 Å². The summed E-state index contributed by atoms with van der Waals surface area (Å²) < 4.78 is 4.41. The van der Waals surface area contributed by atoms with Crippen LogP contribution in [0.15, 0.2) is 10.9 Å². The summed E-state index contributed by atoms with van der Waals surface area (Å²) in [6.45, 7) is 0.441. The third-order valence-electron chi connectivity index (χ3n) is 0.667. The summed E-state index contributed by atoms with van der Waals surface area (Å²) >= 11 is 0. The van der Waals surface area contributed by atoms with Crippen molar-refractivity contribution in [3.8, 4) is 0 Å². The van der Waals surface area contributed by atoms with E-state index in [1.165, 1.54) is 6.39 Å². The highest BCUT2D eigenvalue weighted by Gasteiger charge is 1.91. The van der Waals surface area contributed by atoms with E-state index >= 15 is 0 Å². The lowest BCUT2D eigenvalue weighted by Gasteiger charge is -1.85. The Morgan fingerprint density at radius 1 is 1.88 bits per heavy atom. The third kappa shape index (κ3) is 1.02. The van der Waals surface area contributed by atoms with E-state index in [2.05, 4.69) is 20.1 Å². The van der Waals surface area contributed by atoms with Gasteiger partial charge in [-0.2, -0.15) is 4.98 Å². The molecule has 0 atom stereocenters. The second-order valence-corrected chi connectivity index (χ2v) is 1.23. The number of hydrazine groups is 1. The Bertz CT molecular complexity index is 137. The SMILES string of the molecule is NNCc1ncon1. The first-order valence-corrected chi connectivity index (χ1v) is 2.12. The highest BCUT2D eigenvalue weighted by Crippen LogP contribution is 1.83. The molecule has 0 saturated heterocycles. The number of aromatic nitrogens is 2. The maximum absolute atomic E-state index is 4.95. The molecule has 1 heterocycles. The first-order chi connectivity index (χ1) is 3.93. The Morgan fingerprint density at radius 2 is 2.75 bits per heavy atom. The summed E-state index contributed by atoms with van der Waals surface area (Å²) in [7, 11) is 0. The molecule has 0 aliphatic heterocycles. The molecule has 0 unspecified atom stereocenters. The summed E-state index contributed by atoms with van der Waals surface area (Å²) in [6, 6.07) is 0. The van der Waals surface area contributed by atoms with Crippen LogP contribution >= 0.6 is 0 Å². The van der Waals surface area contributed by atoms with Gasteiger partial charge >= 0.3 is 0 Å². The largest absolute Gasteiger partial charge is 0.343 e. The number of rotatable bonds is 2. The molecule has 0 aromatic carbocycles. The van der Waals surface area contributed by atoms with Gasteiger partial charge < -0.3 is 4.52 Å². The molecule has 8 heavy (non-hydrogen) atoms. The molecule has 0 bridgehead atoms. The van der Waals surface area contributed by atoms with Crippen LogP contribution < -0.4 is 11.3 Å². The van der Waals surface area contributed by atoms with Crippen molar-refractivity contribution in [1.29, 1.82) is 0 Å². The van der Waals surface area contributed by atoms with E-state index in [0.29, 0.717) is 12.4 Å². The zero-order valence-electron chi connectivity index (χ0n) is 4.16. The molecule has 1 aromatic heterocycles. The van der Waals surface area contributed by atoms with E-state index in [9.17, 15) is 0 Å². The standard InChI is InChI=1S/C3H6N4O/c4-6-1-3-5-2-8-7-3/h2,6H,1,4H2. The Balaban J connectivity index is 2.50. The topological polar surface area (TPSA) is 77.0 Å². The molecular formula is C3H6N4O. The Labute approximate surface area is 45.8 Å². The van der Waals surface area contributed by atoms with Gasteiger partial charge in [-0.05, 0) is 0 Å². The van der Waals surface area contributed by atoms with Crippen molar-refractivity contribution in [2.24, 2.45) is 5.84 Å². The van der Waals surface area contributed by atoms with Crippen LogP contribution in [-0.2, 0) is 6.54 Å². The van der Waals surface area contributed by atoms with Crippen LogP contribution in [-0.4, -0.2) is 10.1 Å². The molecule has 0 radical (unpaired) electrons. The van der Waals surface area contributed by atoms with Gasteiger partial charge in [0, 0.05) is 0 Å². The molecule has 5 heteroatoms. The normalized spacial score (nSPS) is 9.62. The lowest BCUT2D eigenvalue weighted by Crippen LogP contribution is -2.21. The Kier molecular flexibility index (Phi) is 1.55. The van der Waals surface area contributed by atoms with Crippen LogP contribution in [0, 0.1) is 0 Å². The van der Waals surface area contributed by atoms with Crippen LogP contribution in [0.25, 0.3) is 0 Å². The lowest BCUT2D eigenvalue weighted by molar-refractivity contribution is 0.407. The van der Waals surface area contributed by atoms with Gasteiger partial charge in [-0.3, -0.25) is 11.3 Å². The van der Waals surface area contributed by atoms with E-state index in [1.54, 1.807) is 0 Å². The molecule has 1 rings (SSSR count). The number of hydrogen-bond donors (Lipinski definition) is 2. The fraction of sp³-hybridized carbons (Fsp3) is 0.333. The van der Waals surface area contributed by atoms with Crippen molar-refractivity contribution >= 4 is 0 Å². The van der Waals surface area contributed by atoms with Crippen molar-refractivity contribution in [2.75, 3.05) is 0 Å². The summed E-state index contributed by atoms with van der Waals surface area (Å²) in [5.74, 6) is 5.51. The predicted molar refractivity (Wildman–Crippen MR) is 25.3 cm³/mol. The monoisotopic (exact) mass is 114 g/mol. The maximum Gasteiger partial charge on any atom is 0.213 e. The summed E-state index contributed by atoms with van der Waals surface area (Å²) in [4.78, 5) is 3.69. The molecule has 0 saturated carbocycles. The van der Waals surface area contributed by atoms with Gasteiger partial charge in [-0.25, -0.2) is 0 Å². The van der Waals surface area contributed by atoms with Gasteiger partial charge in [0.05, 0.1) is 6.54 Å². The third-order valence-corrected chi connectivity index (χ3v) is 0.667. The lowest BCUT2D eigenvalue weighted by atomic mass is 10.6. The number of nitrogens with one attached hydrogen (secondary N) is 1. The van der Waals surface area contributed by atoms with Crippen molar-refractivity contribution in [2.45, 2.75) is 6.54 Å². The van der Waals surface area contributed by atoms with Gasteiger partial charge in [-0.1, -0.05) is 5.16 Å². The van der Waals surface area contributed by atoms with E-state index in [-0.39, 0.29) is 0 Å². The van der Waals surface area contributed by atoms with E-state index in [4.69, 9.17) is 5.84 Å².